The second-order valence-corrected chi connectivity index (χ2v) is 11.1. The van der Waals surface area contributed by atoms with Crippen molar-refractivity contribution in [3.8, 4) is 5.75 Å². The van der Waals surface area contributed by atoms with Crippen LogP contribution in [0.3, 0.4) is 0 Å². The molecule has 2 amide bonds. The van der Waals surface area contributed by atoms with Crippen molar-refractivity contribution >= 4 is 11.8 Å². The summed E-state index contributed by atoms with van der Waals surface area (Å²) < 4.78 is 19.4. The number of carbonyl (C=O) groups is 2. The van der Waals surface area contributed by atoms with E-state index in [9.17, 15) is 14.0 Å². The Kier molecular flexibility index (Phi) is 10.1. The molecule has 1 atom stereocenters. The Morgan fingerprint density at radius 3 is 2.11 bits per heavy atom. The third kappa shape index (κ3) is 8.72. The average Bonchev–Trinajstić information content (AvgIpc) is 2.89. The molecule has 0 aliphatic carbocycles. The van der Waals surface area contributed by atoms with Crippen molar-refractivity contribution in [2.75, 3.05) is 13.2 Å². The number of nitrogens with one attached hydrogen (secondary N) is 1. The van der Waals surface area contributed by atoms with Gasteiger partial charge in [-0.15, -0.1) is 0 Å². The molecule has 0 heterocycles. The second-order valence-electron chi connectivity index (χ2n) is 11.1. The van der Waals surface area contributed by atoms with Crippen LogP contribution in [0.15, 0.2) is 78.9 Å². The maximum absolute atomic E-state index is 13.6. The number of nitrogens with zero attached hydrogens (tertiary/aromatic N) is 1. The number of rotatable bonds is 11. The molecule has 38 heavy (non-hydrogen) atoms. The fourth-order valence-corrected chi connectivity index (χ4v) is 4.04. The fraction of sp³-hybridized carbons (Fsp3) is 0.375. The van der Waals surface area contributed by atoms with Gasteiger partial charge in [-0.05, 0) is 52.3 Å². The highest BCUT2D eigenvalue weighted by molar-refractivity contribution is 5.88. The van der Waals surface area contributed by atoms with Gasteiger partial charge < -0.3 is 15.0 Å². The minimum Gasteiger partial charge on any atom is -0.484 e. The molecule has 3 rings (SSSR count). The molecule has 0 fully saturated rings. The van der Waals surface area contributed by atoms with Gasteiger partial charge >= 0.3 is 0 Å². The van der Waals surface area contributed by atoms with Crippen LogP contribution in [0.25, 0.3) is 0 Å². The number of benzene rings is 3. The molecule has 0 spiro atoms. The molecule has 5 nitrogen and oxygen atoms in total. The lowest BCUT2D eigenvalue weighted by Crippen LogP contribution is -2.52. The van der Waals surface area contributed by atoms with Gasteiger partial charge in [0, 0.05) is 19.5 Å². The van der Waals surface area contributed by atoms with Crippen molar-refractivity contribution in [2.45, 2.75) is 59.0 Å². The fourth-order valence-electron chi connectivity index (χ4n) is 4.04. The van der Waals surface area contributed by atoms with Gasteiger partial charge in [-0.3, -0.25) is 9.59 Å². The van der Waals surface area contributed by atoms with Crippen LogP contribution >= 0.6 is 0 Å². The highest BCUT2D eigenvalue weighted by Crippen LogP contribution is 2.24. The Morgan fingerprint density at radius 1 is 0.895 bits per heavy atom. The minimum atomic E-state index is -0.763. The Bertz CT molecular complexity index is 1170. The first kappa shape index (κ1) is 28.9. The quantitative estimate of drug-likeness (QED) is 0.343. The zero-order valence-corrected chi connectivity index (χ0v) is 23.0. The highest BCUT2D eigenvalue weighted by Gasteiger charge is 2.30. The molecule has 202 valence electrons. The number of ether oxygens (including phenoxy) is 1. The molecule has 6 heteroatoms. The van der Waals surface area contributed by atoms with Crippen molar-refractivity contribution in [3.05, 3.63) is 101 Å². The van der Waals surface area contributed by atoms with Crippen molar-refractivity contribution < 1.29 is 18.7 Å². The van der Waals surface area contributed by atoms with Crippen LogP contribution in [-0.4, -0.2) is 35.9 Å². The normalized spacial score (nSPS) is 12.2. The molecular weight excluding hydrogens is 479 g/mol. The first-order valence-corrected chi connectivity index (χ1v) is 13.1. The number of carbonyl (C=O) groups excluding carboxylic acids is 2. The summed E-state index contributed by atoms with van der Waals surface area (Å²) in [5.74, 6) is -0.0690. The average molecular weight is 519 g/mol. The van der Waals surface area contributed by atoms with Gasteiger partial charge in [-0.1, -0.05) is 89.2 Å². The summed E-state index contributed by atoms with van der Waals surface area (Å²) in [6.45, 7) is 10.9. The summed E-state index contributed by atoms with van der Waals surface area (Å²) in [4.78, 5) is 28.6. The van der Waals surface area contributed by atoms with Crippen molar-refractivity contribution in [1.29, 1.82) is 0 Å². The third-order valence-electron chi connectivity index (χ3n) is 6.30. The maximum Gasteiger partial charge on any atom is 0.261 e. The van der Waals surface area contributed by atoms with E-state index in [0.717, 1.165) is 11.1 Å². The van der Waals surface area contributed by atoms with Gasteiger partial charge in [0.25, 0.3) is 5.91 Å². The van der Waals surface area contributed by atoms with Crippen LogP contribution in [0.1, 0.15) is 51.3 Å². The molecule has 0 bridgehead atoms. The summed E-state index contributed by atoms with van der Waals surface area (Å²) in [7, 11) is 0. The molecule has 3 aromatic carbocycles. The first-order chi connectivity index (χ1) is 18.0. The maximum atomic E-state index is 13.6. The standard InChI is InChI=1S/C32H39FN2O3/c1-23(2)20-34-31(37)29(19-24-9-7-6-8-10-24)35(21-25-11-15-27(33)16-12-25)30(36)22-38-28-17-13-26(14-18-28)32(3,4)5/h6-18,23,29H,19-22H2,1-5H3,(H,34,37)/t29-/m1/s1. The van der Waals surface area contributed by atoms with Crippen molar-refractivity contribution in [1.82, 2.24) is 10.2 Å². The Balaban J connectivity index is 1.87. The molecular formula is C32H39FN2O3. The van der Waals surface area contributed by atoms with Crippen LogP contribution in [0.5, 0.6) is 5.75 Å². The smallest absolute Gasteiger partial charge is 0.261 e. The van der Waals surface area contributed by atoms with Crippen molar-refractivity contribution in [2.24, 2.45) is 5.92 Å². The zero-order valence-electron chi connectivity index (χ0n) is 23.0. The largest absolute Gasteiger partial charge is 0.484 e. The molecule has 0 saturated carbocycles. The topological polar surface area (TPSA) is 58.6 Å². The SMILES string of the molecule is CC(C)CNC(=O)[C@@H](Cc1ccccc1)N(Cc1ccc(F)cc1)C(=O)COc1ccc(C(C)(C)C)cc1. The lowest BCUT2D eigenvalue weighted by Gasteiger charge is -2.31. The minimum absolute atomic E-state index is 0.00825. The van der Waals surface area contributed by atoms with E-state index in [-0.39, 0.29) is 42.1 Å². The summed E-state index contributed by atoms with van der Waals surface area (Å²) in [6, 6.07) is 22.5. The lowest BCUT2D eigenvalue weighted by molar-refractivity contribution is -0.142. The van der Waals surface area contributed by atoms with Crippen LogP contribution in [0, 0.1) is 11.7 Å². The summed E-state index contributed by atoms with van der Waals surface area (Å²) in [5.41, 5.74) is 2.84. The van der Waals surface area contributed by atoms with Crippen LogP contribution in [0.2, 0.25) is 0 Å². The molecule has 0 aromatic heterocycles. The first-order valence-electron chi connectivity index (χ1n) is 13.1. The Hall–Kier alpha value is -3.67. The van der Waals surface area contributed by atoms with E-state index in [1.807, 2.05) is 68.4 Å². The van der Waals surface area contributed by atoms with Gasteiger partial charge in [0.1, 0.15) is 17.6 Å². The summed E-state index contributed by atoms with van der Waals surface area (Å²) >= 11 is 0. The van der Waals surface area contributed by atoms with E-state index in [0.29, 0.717) is 18.7 Å². The highest BCUT2D eigenvalue weighted by atomic mass is 19.1. The van der Waals surface area contributed by atoms with E-state index < -0.39 is 6.04 Å². The van der Waals surface area contributed by atoms with E-state index in [4.69, 9.17) is 4.74 Å². The molecule has 0 aliphatic heterocycles. The number of halogens is 1. The third-order valence-corrected chi connectivity index (χ3v) is 6.30. The monoisotopic (exact) mass is 518 g/mol. The second kappa shape index (κ2) is 13.2. The molecule has 0 unspecified atom stereocenters. The van der Waals surface area contributed by atoms with E-state index in [1.165, 1.54) is 17.7 Å². The van der Waals surface area contributed by atoms with Crippen LogP contribution in [0.4, 0.5) is 4.39 Å². The van der Waals surface area contributed by atoms with Crippen LogP contribution < -0.4 is 10.1 Å². The predicted molar refractivity (Wildman–Crippen MR) is 149 cm³/mol. The zero-order chi connectivity index (χ0) is 27.7. The van der Waals surface area contributed by atoms with Crippen molar-refractivity contribution in [3.63, 3.8) is 0 Å². The summed E-state index contributed by atoms with van der Waals surface area (Å²) in [6.07, 6.45) is 0.345. The van der Waals surface area contributed by atoms with Crippen LogP contribution in [-0.2, 0) is 28.0 Å². The van der Waals surface area contributed by atoms with Gasteiger partial charge in [-0.2, -0.15) is 0 Å². The predicted octanol–water partition coefficient (Wildman–Crippen LogP) is 5.91. The van der Waals surface area contributed by atoms with Gasteiger partial charge in [0.2, 0.25) is 5.91 Å². The van der Waals surface area contributed by atoms with E-state index in [1.54, 1.807) is 17.0 Å². The summed E-state index contributed by atoms with van der Waals surface area (Å²) in [5, 5.41) is 2.99. The van der Waals surface area contributed by atoms with E-state index in [2.05, 4.69) is 26.1 Å². The Morgan fingerprint density at radius 2 is 1.53 bits per heavy atom. The molecule has 0 aliphatic rings. The Labute approximate surface area is 226 Å². The lowest BCUT2D eigenvalue weighted by atomic mass is 9.87. The number of hydrogen-bond donors (Lipinski definition) is 1. The molecule has 1 N–H and O–H groups in total. The van der Waals surface area contributed by atoms with Gasteiger partial charge in [-0.25, -0.2) is 4.39 Å². The van der Waals surface area contributed by atoms with E-state index >= 15 is 0 Å². The van der Waals surface area contributed by atoms with Gasteiger partial charge in [0.15, 0.2) is 6.61 Å². The molecule has 0 saturated heterocycles. The molecule has 0 radical (unpaired) electrons. The number of hydrogen-bond acceptors (Lipinski definition) is 3. The van der Waals surface area contributed by atoms with Gasteiger partial charge in [0.05, 0.1) is 0 Å². The molecule has 3 aromatic rings. The number of amides is 2.